The van der Waals surface area contributed by atoms with Gasteiger partial charge in [0.25, 0.3) is 0 Å². The average molecular weight is 238 g/mol. The van der Waals surface area contributed by atoms with Crippen LogP contribution in [0, 0.1) is 12.7 Å². The van der Waals surface area contributed by atoms with Crippen LogP contribution in [0.5, 0.6) is 0 Å². The van der Waals surface area contributed by atoms with E-state index in [2.05, 4.69) is 0 Å². The molecule has 0 saturated heterocycles. The first kappa shape index (κ1) is 13.7. The maximum Gasteiger partial charge on any atom is 0.306 e. The number of hydrogen-bond acceptors (Lipinski definition) is 2. The van der Waals surface area contributed by atoms with Gasteiger partial charge in [0.1, 0.15) is 11.9 Å². The molecule has 0 aliphatic carbocycles. The summed E-state index contributed by atoms with van der Waals surface area (Å²) in [5, 5.41) is 0. The van der Waals surface area contributed by atoms with Crippen molar-refractivity contribution in [3.8, 4) is 0 Å². The van der Waals surface area contributed by atoms with Crippen molar-refractivity contribution >= 4 is 5.97 Å². The lowest BCUT2D eigenvalue weighted by Gasteiger charge is -2.17. The number of hydrogen-bond donors (Lipinski definition) is 0. The summed E-state index contributed by atoms with van der Waals surface area (Å²) in [6.07, 6.45) is 1.61. The van der Waals surface area contributed by atoms with Crippen LogP contribution in [-0.4, -0.2) is 5.97 Å². The highest BCUT2D eigenvalue weighted by Crippen LogP contribution is 2.25. The highest BCUT2D eigenvalue weighted by molar-refractivity contribution is 5.69. The minimum atomic E-state index is -0.331. The minimum absolute atomic E-state index is 0.246. The van der Waals surface area contributed by atoms with Gasteiger partial charge in [0.15, 0.2) is 0 Å². The SMILES string of the molecule is CCCC(OC(=O)CC)c1ccc(C)c(F)c1. The molecule has 0 aromatic heterocycles. The molecule has 1 aromatic rings. The normalized spacial score (nSPS) is 12.2. The molecular weight excluding hydrogens is 219 g/mol. The van der Waals surface area contributed by atoms with Crippen LogP contribution < -0.4 is 0 Å². The number of carbonyl (C=O) groups is 1. The summed E-state index contributed by atoms with van der Waals surface area (Å²) in [6, 6.07) is 4.99. The molecule has 0 N–H and O–H groups in total. The Morgan fingerprint density at radius 1 is 1.41 bits per heavy atom. The first-order chi connectivity index (χ1) is 8.08. The Kier molecular flexibility index (Phi) is 5.13. The second-order valence-corrected chi connectivity index (χ2v) is 4.13. The number of halogens is 1. The predicted octanol–water partition coefficient (Wildman–Crippen LogP) is 3.93. The van der Waals surface area contributed by atoms with Gasteiger partial charge in [-0.15, -0.1) is 0 Å². The zero-order chi connectivity index (χ0) is 12.8. The summed E-state index contributed by atoms with van der Waals surface area (Å²) in [7, 11) is 0. The molecule has 3 heteroatoms. The van der Waals surface area contributed by atoms with Gasteiger partial charge in [-0.2, -0.15) is 0 Å². The van der Waals surface area contributed by atoms with Crippen molar-refractivity contribution in [2.24, 2.45) is 0 Å². The molecule has 0 amide bonds. The maximum atomic E-state index is 13.5. The standard InChI is InChI=1S/C14H19FO2/c1-4-6-13(17-14(16)5-2)11-8-7-10(3)12(15)9-11/h7-9,13H,4-6H2,1-3H3. The molecule has 17 heavy (non-hydrogen) atoms. The second kappa shape index (κ2) is 6.38. The molecule has 1 rings (SSSR count). The van der Waals surface area contributed by atoms with Crippen LogP contribution in [0.1, 0.15) is 50.3 Å². The predicted molar refractivity (Wildman–Crippen MR) is 65.2 cm³/mol. The fourth-order valence-corrected chi connectivity index (χ4v) is 1.61. The van der Waals surface area contributed by atoms with E-state index in [0.717, 1.165) is 12.0 Å². The van der Waals surface area contributed by atoms with E-state index in [4.69, 9.17) is 4.74 Å². The van der Waals surface area contributed by atoms with Crippen LogP contribution in [0.2, 0.25) is 0 Å². The van der Waals surface area contributed by atoms with Gasteiger partial charge in [-0.1, -0.05) is 32.4 Å². The van der Waals surface area contributed by atoms with E-state index in [-0.39, 0.29) is 17.9 Å². The third-order valence-corrected chi connectivity index (χ3v) is 2.68. The number of esters is 1. The van der Waals surface area contributed by atoms with E-state index in [0.29, 0.717) is 18.4 Å². The van der Waals surface area contributed by atoms with E-state index in [1.807, 2.05) is 13.0 Å². The third-order valence-electron chi connectivity index (χ3n) is 2.68. The summed E-state index contributed by atoms with van der Waals surface area (Å²) in [5.41, 5.74) is 1.34. The average Bonchev–Trinajstić information content (AvgIpc) is 2.32. The first-order valence-corrected chi connectivity index (χ1v) is 6.04. The molecule has 1 aromatic carbocycles. The molecule has 0 saturated carbocycles. The Hall–Kier alpha value is -1.38. The largest absolute Gasteiger partial charge is 0.457 e. The molecular formula is C14H19FO2. The molecule has 0 fully saturated rings. The Bertz CT molecular complexity index is 388. The van der Waals surface area contributed by atoms with E-state index in [1.165, 1.54) is 6.07 Å². The molecule has 1 atom stereocenters. The van der Waals surface area contributed by atoms with Crippen molar-refractivity contribution in [3.63, 3.8) is 0 Å². The highest BCUT2D eigenvalue weighted by atomic mass is 19.1. The zero-order valence-electron chi connectivity index (χ0n) is 10.6. The van der Waals surface area contributed by atoms with Gasteiger partial charge in [0, 0.05) is 6.42 Å². The highest BCUT2D eigenvalue weighted by Gasteiger charge is 2.16. The number of aryl methyl sites for hydroxylation is 1. The fourth-order valence-electron chi connectivity index (χ4n) is 1.61. The van der Waals surface area contributed by atoms with Crippen LogP contribution in [0.25, 0.3) is 0 Å². The minimum Gasteiger partial charge on any atom is -0.457 e. The summed E-state index contributed by atoms with van der Waals surface area (Å²) < 4.78 is 18.8. The van der Waals surface area contributed by atoms with Crippen molar-refractivity contribution in [3.05, 3.63) is 35.1 Å². The lowest BCUT2D eigenvalue weighted by molar-refractivity contribution is -0.149. The van der Waals surface area contributed by atoms with Crippen LogP contribution in [0.3, 0.4) is 0 Å². The number of benzene rings is 1. The van der Waals surface area contributed by atoms with Gasteiger partial charge in [-0.3, -0.25) is 4.79 Å². The van der Waals surface area contributed by atoms with Gasteiger partial charge in [0.2, 0.25) is 0 Å². The van der Waals surface area contributed by atoms with Gasteiger partial charge in [-0.25, -0.2) is 4.39 Å². The number of carbonyl (C=O) groups excluding carboxylic acids is 1. The Labute approximate surface area is 102 Å². The zero-order valence-corrected chi connectivity index (χ0v) is 10.6. The Morgan fingerprint density at radius 2 is 2.12 bits per heavy atom. The van der Waals surface area contributed by atoms with Crippen molar-refractivity contribution in [1.82, 2.24) is 0 Å². The summed E-state index contributed by atoms with van der Waals surface area (Å²) in [4.78, 5) is 11.3. The van der Waals surface area contributed by atoms with E-state index < -0.39 is 0 Å². The summed E-state index contributed by atoms with van der Waals surface area (Å²) in [6.45, 7) is 5.48. The Balaban J connectivity index is 2.88. The van der Waals surface area contributed by atoms with E-state index in [9.17, 15) is 9.18 Å². The summed E-state index contributed by atoms with van der Waals surface area (Å²) in [5.74, 6) is -0.499. The summed E-state index contributed by atoms with van der Waals surface area (Å²) >= 11 is 0. The van der Waals surface area contributed by atoms with Crippen molar-refractivity contribution in [2.45, 2.75) is 46.1 Å². The van der Waals surface area contributed by atoms with Gasteiger partial charge < -0.3 is 4.74 Å². The van der Waals surface area contributed by atoms with Gasteiger partial charge >= 0.3 is 5.97 Å². The number of ether oxygens (including phenoxy) is 1. The molecule has 0 aliphatic heterocycles. The molecule has 0 heterocycles. The molecule has 0 bridgehead atoms. The number of rotatable bonds is 5. The molecule has 0 spiro atoms. The monoisotopic (exact) mass is 238 g/mol. The van der Waals surface area contributed by atoms with Crippen LogP contribution in [0.15, 0.2) is 18.2 Å². The smallest absolute Gasteiger partial charge is 0.306 e. The van der Waals surface area contributed by atoms with E-state index in [1.54, 1.807) is 19.9 Å². The second-order valence-electron chi connectivity index (χ2n) is 4.13. The lowest BCUT2D eigenvalue weighted by atomic mass is 10.0. The molecule has 0 aliphatic rings. The topological polar surface area (TPSA) is 26.3 Å². The van der Waals surface area contributed by atoms with Crippen molar-refractivity contribution < 1.29 is 13.9 Å². The van der Waals surface area contributed by atoms with Crippen molar-refractivity contribution in [1.29, 1.82) is 0 Å². The lowest BCUT2D eigenvalue weighted by Crippen LogP contribution is -2.10. The van der Waals surface area contributed by atoms with Crippen LogP contribution in [-0.2, 0) is 9.53 Å². The molecule has 94 valence electrons. The van der Waals surface area contributed by atoms with E-state index >= 15 is 0 Å². The molecule has 2 nitrogen and oxygen atoms in total. The van der Waals surface area contributed by atoms with Crippen LogP contribution >= 0.6 is 0 Å². The van der Waals surface area contributed by atoms with Crippen LogP contribution in [0.4, 0.5) is 4.39 Å². The fraction of sp³-hybridized carbons (Fsp3) is 0.500. The van der Waals surface area contributed by atoms with Gasteiger partial charge in [-0.05, 0) is 30.5 Å². The molecule has 1 unspecified atom stereocenters. The molecule has 0 radical (unpaired) electrons. The quantitative estimate of drug-likeness (QED) is 0.726. The first-order valence-electron chi connectivity index (χ1n) is 6.04. The Morgan fingerprint density at radius 3 is 2.65 bits per heavy atom. The maximum absolute atomic E-state index is 13.5. The third kappa shape index (κ3) is 3.84. The van der Waals surface area contributed by atoms with Gasteiger partial charge in [0.05, 0.1) is 0 Å². The van der Waals surface area contributed by atoms with Crippen molar-refractivity contribution in [2.75, 3.05) is 0 Å².